The molecular weight excluding hydrogens is 382 g/mol. The van der Waals surface area contributed by atoms with Gasteiger partial charge in [0.25, 0.3) is 0 Å². The lowest BCUT2D eigenvalue weighted by Crippen LogP contribution is -2.59. The molecule has 2 aromatic rings. The second kappa shape index (κ2) is 8.11. The van der Waals surface area contributed by atoms with Crippen LogP contribution in [-0.2, 0) is 14.3 Å². The van der Waals surface area contributed by atoms with E-state index in [1.165, 1.54) is 17.2 Å². The Morgan fingerprint density at radius 1 is 1.14 bits per heavy atom. The Hall–Kier alpha value is -2.47. The number of hydrogen-bond donors (Lipinski definition) is 4. The van der Waals surface area contributed by atoms with Crippen LogP contribution in [-0.4, -0.2) is 70.3 Å². The van der Waals surface area contributed by atoms with E-state index in [4.69, 9.17) is 10.5 Å². The molecule has 3 heterocycles. The first-order valence-corrected chi connectivity index (χ1v) is 9.50. The molecule has 1 saturated heterocycles. The van der Waals surface area contributed by atoms with Gasteiger partial charge in [-0.05, 0) is 12.8 Å². The van der Waals surface area contributed by atoms with Crippen molar-refractivity contribution >= 4 is 28.5 Å². The van der Waals surface area contributed by atoms with Gasteiger partial charge < -0.3 is 25.8 Å². The number of Topliss-reactive ketones (excluding diaryl/α,β-unsaturated/α-hetero) is 2. The van der Waals surface area contributed by atoms with Gasteiger partial charge in [-0.25, -0.2) is 15.0 Å². The summed E-state index contributed by atoms with van der Waals surface area (Å²) in [6, 6.07) is 0. The lowest BCUT2D eigenvalue weighted by Gasteiger charge is -2.32. The van der Waals surface area contributed by atoms with Gasteiger partial charge in [-0.15, -0.1) is 0 Å². The van der Waals surface area contributed by atoms with Crippen molar-refractivity contribution in [2.45, 2.75) is 69.7 Å². The molecule has 0 aromatic carbocycles. The number of aliphatic hydroxyl groups excluding tert-OH is 2. The van der Waals surface area contributed by atoms with Crippen LogP contribution in [0.3, 0.4) is 0 Å². The van der Waals surface area contributed by atoms with Gasteiger partial charge in [-0.3, -0.25) is 14.2 Å². The Morgan fingerprint density at radius 2 is 1.76 bits per heavy atom. The monoisotopic (exact) mass is 407 g/mol. The number of aliphatic hydroxyl groups is 3. The van der Waals surface area contributed by atoms with Crippen LogP contribution in [0.15, 0.2) is 12.7 Å². The number of ketones is 2. The van der Waals surface area contributed by atoms with Crippen molar-refractivity contribution in [3.05, 3.63) is 12.7 Å². The van der Waals surface area contributed by atoms with Crippen LogP contribution in [0.4, 0.5) is 5.82 Å². The number of anilines is 1. The summed E-state index contributed by atoms with van der Waals surface area (Å²) >= 11 is 0. The van der Waals surface area contributed by atoms with Crippen LogP contribution in [0.2, 0.25) is 0 Å². The second-order valence-corrected chi connectivity index (χ2v) is 7.12. The number of rotatable bonds is 8. The zero-order valence-electron chi connectivity index (χ0n) is 16.2. The highest BCUT2D eigenvalue weighted by Crippen LogP contribution is 2.38. The Balaban J connectivity index is 2.01. The molecule has 11 heteroatoms. The summed E-state index contributed by atoms with van der Waals surface area (Å²) in [5, 5.41) is 32.3. The normalized spacial score (nSPS) is 24.9. The SMILES string of the molecule is CCCC(=O)C(O)(C(=O)CCC)[C@H]1O[C@@H](n2cnc3c(N)ncnc32)[C@H](O)[C@@H]1O. The fraction of sp³-hybridized carbons (Fsp3) is 0.611. The number of carbonyl (C=O) groups excluding carboxylic acids is 2. The fourth-order valence-electron chi connectivity index (χ4n) is 3.60. The van der Waals surface area contributed by atoms with Crippen molar-refractivity contribution in [2.24, 2.45) is 0 Å². The number of nitrogen functional groups attached to an aromatic ring is 1. The van der Waals surface area contributed by atoms with Crippen LogP contribution in [0.25, 0.3) is 11.2 Å². The summed E-state index contributed by atoms with van der Waals surface area (Å²) in [5.41, 5.74) is 3.70. The van der Waals surface area contributed by atoms with Crippen LogP contribution >= 0.6 is 0 Å². The lowest BCUT2D eigenvalue weighted by molar-refractivity contribution is -0.176. The third-order valence-corrected chi connectivity index (χ3v) is 5.12. The molecule has 1 fully saturated rings. The van der Waals surface area contributed by atoms with E-state index in [1.807, 2.05) is 0 Å². The average molecular weight is 407 g/mol. The van der Waals surface area contributed by atoms with Crippen LogP contribution in [0.5, 0.6) is 0 Å². The molecule has 0 amide bonds. The fourth-order valence-corrected chi connectivity index (χ4v) is 3.60. The predicted molar refractivity (Wildman–Crippen MR) is 100 cm³/mol. The maximum Gasteiger partial charge on any atom is 0.210 e. The minimum Gasteiger partial charge on any atom is -0.387 e. The van der Waals surface area contributed by atoms with Gasteiger partial charge in [0.05, 0.1) is 6.33 Å². The molecule has 29 heavy (non-hydrogen) atoms. The Bertz CT molecular complexity index is 897. The molecule has 11 nitrogen and oxygen atoms in total. The third-order valence-electron chi connectivity index (χ3n) is 5.12. The van der Waals surface area contributed by atoms with E-state index in [0.717, 1.165) is 0 Å². The van der Waals surface area contributed by atoms with Crippen molar-refractivity contribution < 1.29 is 29.6 Å². The number of hydrogen-bond acceptors (Lipinski definition) is 10. The highest BCUT2D eigenvalue weighted by molar-refractivity contribution is 6.11. The number of aromatic nitrogens is 4. The number of nitrogens with zero attached hydrogens (tertiary/aromatic N) is 4. The summed E-state index contributed by atoms with van der Waals surface area (Å²) in [4.78, 5) is 37.3. The minimum atomic E-state index is -2.56. The Labute approximate surface area is 166 Å². The zero-order chi connectivity index (χ0) is 21.3. The van der Waals surface area contributed by atoms with E-state index in [0.29, 0.717) is 12.8 Å². The van der Waals surface area contributed by atoms with Gasteiger partial charge in [0.15, 0.2) is 29.3 Å². The van der Waals surface area contributed by atoms with Crippen molar-refractivity contribution in [1.29, 1.82) is 0 Å². The molecule has 5 N–H and O–H groups in total. The standard InChI is InChI=1S/C18H25N5O6/c1-3-5-9(24)18(28,10(25)6-4-2)14-12(26)13(27)17(29-14)23-8-22-11-15(19)20-7-21-16(11)23/h7-8,12-14,17,26-28H,3-6H2,1-2H3,(H2,19,20,21)/t12-,13+,14-,17+/m0/s1. The second-order valence-electron chi connectivity index (χ2n) is 7.12. The van der Waals surface area contributed by atoms with E-state index < -0.39 is 41.7 Å². The molecular formula is C18H25N5O6. The van der Waals surface area contributed by atoms with E-state index in [9.17, 15) is 24.9 Å². The van der Waals surface area contributed by atoms with E-state index in [2.05, 4.69) is 15.0 Å². The van der Waals surface area contributed by atoms with Gasteiger partial charge in [0.1, 0.15) is 30.2 Å². The molecule has 2 aromatic heterocycles. The molecule has 0 unspecified atom stereocenters. The molecule has 0 aliphatic carbocycles. The van der Waals surface area contributed by atoms with Gasteiger partial charge in [0, 0.05) is 12.8 Å². The topological polar surface area (TPSA) is 174 Å². The summed E-state index contributed by atoms with van der Waals surface area (Å²) in [7, 11) is 0. The van der Waals surface area contributed by atoms with Gasteiger partial charge in [0.2, 0.25) is 5.60 Å². The average Bonchev–Trinajstić information content (AvgIpc) is 3.24. The van der Waals surface area contributed by atoms with E-state index in [-0.39, 0.29) is 29.8 Å². The zero-order valence-corrected chi connectivity index (χ0v) is 16.2. The van der Waals surface area contributed by atoms with E-state index in [1.54, 1.807) is 13.8 Å². The molecule has 0 saturated carbocycles. The van der Waals surface area contributed by atoms with E-state index >= 15 is 0 Å². The summed E-state index contributed by atoms with van der Waals surface area (Å²) in [6.45, 7) is 3.46. The molecule has 0 spiro atoms. The molecule has 3 rings (SSSR count). The molecule has 4 atom stereocenters. The Kier molecular flexibility index (Phi) is 5.94. The number of ether oxygens (including phenoxy) is 1. The number of fused-ring (bicyclic) bond motifs is 1. The first-order valence-electron chi connectivity index (χ1n) is 9.50. The highest BCUT2D eigenvalue weighted by atomic mass is 16.6. The molecule has 0 bridgehead atoms. The largest absolute Gasteiger partial charge is 0.387 e. The smallest absolute Gasteiger partial charge is 0.210 e. The van der Waals surface area contributed by atoms with Crippen molar-refractivity contribution in [3.8, 4) is 0 Å². The maximum absolute atomic E-state index is 12.7. The molecule has 0 radical (unpaired) electrons. The maximum atomic E-state index is 12.7. The first kappa shape index (κ1) is 21.2. The summed E-state index contributed by atoms with van der Waals surface area (Å²) < 4.78 is 7.02. The number of nitrogens with two attached hydrogens (primary N) is 1. The molecule has 1 aliphatic heterocycles. The van der Waals surface area contributed by atoms with Gasteiger partial charge >= 0.3 is 0 Å². The number of carbonyl (C=O) groups is 2. The van der Waals surface area contributed by atoms with Crippen molar-refractivity contribution in [2.75, 3.05) is 5.73 Å². The molecule has 158 valence electrons. The van der Waals surface area contributed by atoms with Crippen molar-refractivity contribution in [3.63, 3.8) is 0 Å². The van der Waals surface area contributed by atoms with Crippen LogP contribution in [0.1, 0.15) is 45.8 Å². The first-order chi connectivity index (χ1) is 13.8. The summed E-state index contributed by atoms with van der Waals surface area (Å²) in [6.07, 6.45) is -2.98. The predicted octanol–water partition coefficient (Wildman–Crippen LogP) is -0.503. The van der Waals surface area contributed by atoms with Crippen LogP contribution in [0, 0.1) is 0 Å². The Morgan fingerprint density at radius 3 is 2.34 bits per heavy atom. The van der Waals surface area contributed by atoms with Crippen molar-refractivity contribution in [1.82, 2.24) is 19.5 Å². The lowest BCUT2D eigenvalue weighted by atomic mass is 9.81. The summed E-state index contributed by atoms with van der Waals surface area (Å²) in [5.74, 6) is -1.39. The minimum absolute atomic E-state index is 0.0724. The quantitative estimate of drug-likeness (QED) is 0.417. The molecule has 1 aliphatic rings. The third kappa shape index (κ3) is 3.39. The number of imidazole rings is 1. The highest BCUT2D eigenvalue weighted by Gasteiger charge is 2.59. The van der Waals surface area contributed by atoms with Gasteiger partial charge in [-0.2, -0.15) is 0 Å². The van der Waals surface area contributed by atoms with Gasteiger partial charge in [-0.1, -0.05) is 13.8 Å². The van der Waals surface area contributed by atoms with Crippen LogP contribution < -0.4 is 5.73 Å².